The van der Waals surface area contributed by atoms with Crippen molar-refractivity contribution >= 4 is 22.7 Å². The number of esters is 2. The zero-order chi connectivity index (χ0) is 19.5. The van der Waals surface area contributed by atoms with Gasteiger partial charge >= 0.3 is 11.9 Å². The van der Waals surface area contributed by atoms with Crippen LogP contribution in [0.5, 0.6) is 0 Å². The molecule has 0 unspecified atom stereocenters. The van der Waals surface area contributed by atoms with E-state index >= 15 is 0 Å². The first kappa shape index (κ1) is 19.8. The molecule has 0 spiro atoms. The molecule has 4 nitrogen and oxygen atoms in total. The van der Waals surface area contributed by atoms with Crippen molar-refractivity contribution in [2.75, 3.05) is 6.61 Å². The van der Waals surface area contributed by atoms with E-state index in [0.29, 0.717) is 10.8 Å². The van der Waals surface area contributed by atoms with Gasteiger partial charge in [-0.2, -0.15) is 0 Å². The van der Waals surface area contributed by atoms with Gasteiger partial charge in [0.25, 0.3) is 6.43 Å². The van der Waals surface area contributed by atoms with Crippen LogP contribution >= 0.6 is 0 Å². The standard InChI is InChI=1S/C20H22F2O4/c1-5-25-19(24)16(17(21)22)15-13-9-7-6-8-12(13)10-11-14(15)18(23)26-20(2,3)4/h6-11,16-17H,5H2,1-4H3/t16-/m1/s1. The van der Waals surface area contributed by atoms with Gasteiger partial charge in [-0.3, -0.25) is 4.79 Å². The maximum absolute atomic E-state index is 13.8. The lowest BCUT2D eigenvalue weighted by Gasteiger charge is -2.23. The number of hydrogen-bond acceptors (Lipinski definition) is 4. The highest BCUT2D eigenvalue weighted by molar-refractivity contribution is 6.02. The van der Waals surface area contributed by atoms with Gasteiger partial charge in [0.15, 0.2) is 0 Å². The Hall–Kier alpha value is -2.50. The predicted octanol–water partition coefficient (Wildman–Crippen LogP) is 4.71. The number of alkyl halides is 2. The maximum Gasteiger partial charge on any atom is 0.338 e. The van der Waals surface area contributed by atoms with Crippen LogP contribution in [0.25, 0.3) is 10.8 Å². The summed E-state index contributed by atoms with van der Waals surface area (Å²) in [7, 11) is 0. The van der Waals surface area contributed by atoms with Crippen molar-refractivity contribution in [3.8, 4) is 0 Å². The van der Waals surface area contributed by atoms with Crippen LogP contribution in [0.1, 0.15) is 49.5 Å². The molecule has 2 aromatic carbocycles. The molecule has 140 valence electrons. The van der Waals surface area contributed by atoms with Gasteiger partial charge in [-0.05, 0) is 50.1 Å². The summed E-state index contributed by atoms with van der Waals surface area (Å²) in [6.45, 7) is 6.55. The molecule has 1 atom stereocenters. The first-order chi connectivity index (χ1) is 12.2. The van der Waals surface area contributed by atoms with E-state index in [1.165, 1.54) is 13.0 Å². The molecular weight excluding hydrogens is 342 g/mol. The normalized spacial score (nSPS) is 12.9. The molecule has 0 bridgehead atoms. The molecule has 0 saturated carbocycles. The molecular formula is C20H22F2O4. The number of benzene rings is 2. The Balaban J connectivity index is 2.71. The van der Waals surface area contributed by atoms with Crippen molar-refractivity contribution in [1.29, 1.82) is 0 Å². The van der Waals surface area contributed by atoms with E-state index in [-0.39, 0.29) is 17.7 Å². The Bertz CT molecular complexity index is 809. The third-order valence-corrected chi connectivity index (χ3v) is 3.69. The minimum atomic E-state index is -3.03. The molecule has 2 aromatic rings. The van der Waals surface area contributed by atoms with Gasteiger partial charge < -0.3 is 9.47 Å². The third-order valence-electron chi connectivity index (χ3n) is 3.69. The Morgan fingerprint density at radius 3 is 2.31 bits per heavy atom. The van der Waals surface area contributed by atoms with Crippen LogP contribution in [0.15, 0.2) is 36.4 Å². The summed E-state index contributed by atoms with van der Waals surface area (Å²) in [6.07, 6.45) is -3.03. The molecule has 0 aliphatic rings. The first-order valence-electron chi connectivity index (χ1n) is 8.35. The summed E-state index contributed by atoms with van der Waals surface area (Å²) >= 11 is 0. The van der Waals surface area contributed by atoms with Gasteiger partial charge in [0.05, 0.1) is 12.2 Å². The molecule has 0 heterocycles. The lowest BCUT2D eigenvalue weighted by molar-refractivity contribution is -0.148. The number of halogens is 2. The van der Waals surface area contributed by atoms with E-state index < -0.39 is 29.9 Å². The molecule has 0 saturated heterocycles. The molecule has 0 radical (unpaired) electrons. The van der Waals surface area contributed by atoms with E-state index in [9.17, 15) is 18.4 Å². The first-order valence-corrected chi connectivity index (χ1v) is 8.35. The van der Waals surface area contributed by atoms with Crippen molar-refractivity contribution in [3.63, 3.8) is 0 Å². The van der Waals surface area contributed by atoms with Gasteiger partial charge in [-0.15, -0.1) is 0 Å². The van der Waals surface area contributed by atoms with Gasteiger partial charge in [-0.1, -0.05) is 30.3 Å². The van der Waals surface area contributed by atoms with Crippen LogP contribution in [0, 0.1) is 0 Å². The highest BCUT2D eigenvalue weighted by Crippen LogP contribution is 2.35. The Labute approximate surface area is 151 Å². The Kier molecular flexibility index (Phi) is 5.95. The number of rotatable bonds is 5. The minimum Gasteiger partial charge on any atom is -0.465 e. The van der Waals surface area contributed by atoms with Crippen molar-refractivity contribution in [2.24, 2.45) is 0 Å². The van der Waals surface area contributed by atoms with Crippen LogP contribution in [0.4, 0.5) is 8.78 Å². The second kappa shape index (κ2) is 7.81. The Morgan fingerprint density at radius 1 is 1.08 bits per heavy atom. The topological polar surface area (TPSA) is 52.6 Å². The van der Waals surface area contributed by atoms with Crippen molar-refractivity contribution in [3.05, 3.63) is 47.5 Å². The van der Waals surface area contributed by atoms with Gasteiger partial charge in [0.1, 0.15) is 11.5 Å². The average Bonchev–Trinajstić information content (AvgIpc) is 2.53. The zero-order valence-corrected chi connectivity index (χ0v) is 15.2. The summed E-state index contributed by atoms with van der Waals surface area (Å²) in [5, 5.41) is 1.04. The maximum atomic E-state index is 13.8. The minimum absolute atomic E-state index is 0.0331. The fraction of sp³-hybridized carbons (Fsp3) is 0.400. The molecule has 0 aliphatic heterocycles. The summed E-state index contributed by atoms with van der Waals surface area (Å²) in [5.41, 5.74) is -0.924. The summed E-state index contributed by atoms with van der Waals surface area (Å²) in [4.78, 5) is 24.8. The fourth-order valence-corrected chi connectivity index (χ4v) is 2.72. The van der Waals surface area contributed by atoms with Crippen LogP contribution in [0.2, 0.25) is 0 Å². The SMILES string of the molecule is CCOC(=O)[C@H](c1c(C(=O)OC(C)(C)C)ccc2ccccc12)C(F)F. The molecule has 0 N–H and O–H groups in total. The summed E-state index contributed by atoms with van der Waals surface area (Å²) < 4.78 is 37.8. The molecule has 0 fully saturated rings. The molecule has 0 aromatic heterocycles. The number of hydrogen-bond donors (Lipinski definition) is 0. The zero-order valence-electron chi connectivity index (χ0n) is 15.2. The smallest absolute Gasteiger partial charge is 0.338 e. The van der Waals surface area contributed by atoms with Gasteiger partial charge in [0.2, 0.25) is 0 Å². The molecule has 26 heavy (non-hydrogen) atoms. The second-order valence-electron chi connectivity index (χ2n) is 6.81. The van der Waals surface area contributed by atoms with Crippen LogP contribution in [-0.4, -0.2) is 30.6 Å². The lowest BCUT2D eigenvalue weighted by atomic mass is 9.89. The molecule has 6 heteroatoms. The number of carbonyl (C=O) groups excluding carboxylic acids is 2. The highest BCUT2D eigenvalue weighted by Gasteiger charge is 2.37. The molecule has 2 rings (SSSR count). The molecule has 0 aliphatic carbocycles. The molecule has 0 amide bonds. The van der Waals surface area contributed by atoms with E-state index in [2.05, 4.69) is 0 Å². The average molecular weight is 364 g/mol. The van der Waals surface area contributed by atoms with E-state index in [0.717, 1.165) is 0 Å². The summed E-state index contributed by atoms with van der Waals surface area (Å²) in [6, 6.07) is 9.81. The fourth-order valence-electron chi connectivity index (χ4n) is 2.72. The third kappa shape index (κ3) is 4.36. The number of carbonyl (C=O) groups is 2. The van der Waals surface area contributed by atoms with E-state index in [1.807, 2.05) is 0 Å². The lowest BCUT2D eigenvalue weighted by Crippen LogP contribution is -2.28. The quantitative estimate of drug-likeness (QED) is 0.721. The predicted molar refractivity (Wildman–Crippen MR) is 94.5 cm³/mol. The van der Waals surface area contributed by atoms with Crippen molar-refractivity contribution in [1.82, 2.24) is 0 Å². The second-order valence-corrected chi connectivity index (χ2v) is 6.81. The van der Waals surface area contributed by atoms with Crippen LogP contribution < -0.4 is 0 Å². The van der Waals surface area contributed by atoms with E-state index in [1.54, 1.807) is 51.1 Å². The summed E-state index contributed by atoms with van der Waals surface area (Å²) in [5.74, 6) is -3.69. The van der Waals surface area contributed by atoms with Gasteiger partial charge in [-0.25, -0.2) is 13.6 Å². The number of ether oxygens (including phenoxy) is 2. The number of fused-ring (bicyclic) bond motifs is 1. The largest absolute Gasteiger partial charge is 0.465 e. The van der Waals surface area contributed by atoms with Crippen LogP contribution in [-0.2, 0) is 14.3 Å². The Morgan fingerprint density at radius 2 is 1.73 bits per heavy atom. The van der Waals surface area contributed by atoms with Crippen LogP contribution in [0.3, 0.4) is 0 Å². The monoisotopic (exact) mass is 364 g/mol. The highest BCUT2D eigenvalue weighted by atomic mass is 19.3. The van der Waals surface area contributed by atoms with Gasteiger partial charge in [0, 0.05) is 0 Å². The van der Waals surface area contributed by atoms with Crippen molar-refractivity contribution in [2.45, 2.75) is 45.6 Å². The van der Waals surface area contributed by atoms with Crippen molar-refractivity contribution < 1.29 is 27.8 Å². The van der Waals surface area contributed by atoms with E-state index in [4.69, 9.17) is 9.47 Å².